The van der Waals surface area contributed by atoms with Gasteiger partial charge < -0.3 is 10.0 Å². The summed E-state index contributed by atoms with van der Waals surface area (Å²) in [6.45, 7) is 7.43. The van der Waals surface area contributed by atoms with Gasteiger partial charge in [-0.3, -0.25) is 4.79 Å². The van der Waals surface area contributed by atoms with Crippen LogP contribution in [0.2, 0.25) is 0 Å². The van der Waals surface area contributed by atoms with Gasteiger partial charge in [-0.25, -0.2) is 4.79 Å². The largest absolute Gasteiger partial charge is 0.479 e. The normalized spacial score (nSPS) is 27.9. The third-order valence-corrected chi connectivity index (χ3v) is 4.46. The lowest BCUT2D eigenvalue weighted by atomic mass is 9.86. The van der Waals surface area contributed by atoms with Gasteiger partial charge in [0, 0.05) is 13.0 Å². The van der Waals surface area contributed by atoms with Gasteiger partial charge in [0.15, 0.2) is 0 Å². The highest BCUT2D eigenvalue weighted by atomic mass is 16.4. The number of nitrogens with zero attached hydrogens (tertiary/aromatic N) is 1. The summed E-state index contributed by atoms with van der Waals surface area (Å²) in [6.07, 6.45) is 5.13. The molecule has 0 radical (unpaired) electrons. The fourth-order valence-electron chi connectivity index (χ4n) is 3.52. The molecule has 1 N–H and O–H groups in total. The maximum absolute atomic E-state index is 11.9. The van der Waals surface area contributed by atoms with Gasteiger partial charge in [0.2, 0.25) is 5.91 Å². The molecule has 0 aromatic carbocycles. The summed E-state index contributed by atoms with van der Waals surface area (Å²) in [5.41, 5.74) is -0.996. The molecule has 1 rings (SSSR count). The van der Waals surface area contributed by atoms with E-state index in [1.165, 1.54) is 6.92 Å². The van der Waals surface area contributed by atoms with Gasteiger partial charge >= 0.3 is 5.97 Å². The van der Waals surface area contributed by atoms with Crippen LogP contribution in [0, 0.1) is 5.92 Å². The van der Waals surface area contributed by atoms with E-state index in [0.29, 0.717) is 18.8 Å². The van der Waals surface area contributed by atoms with E-state index >= 15 is 0 Å². The smallest absolute Gasteiger partial charge is 0.329 e. The molecule has 1 fully saturated rings. The topological polar surface area (TPSA) is 57.6 Å². The SMILES string of the molecule is CCC1CCCC(C(=O)O)(N(C(C)=O)C(C)C)CC1. The van der Waals surface area contributed by atoms with E-state index < -0.39 is 11.5 Å². The second kappa shape index (κ2) is 6.40. The van der Waals surface area contributed by atoms with Gasteiger partial charge in [0.25, 0.3) is 0 Å². The fourth-order valence-corrected chi connectivity index (χ4v) is 3.52. The minimum Gasteiger partial charge on any atom is -0.479 e. The zero-order valence-corrected chi connectivity index (χ0v) is 12.6. The van der Waals surface area contributed by atoms with Crippen LogP contribution < -0.4 is 0 Å². The number of aliphatic carboxylic acids is 1. The Kier molecular flexibility index (Phi) is 5.39. The van der Waals surface area contributed by atoms with Crippen LogP contribution in [0.1, 0.15) is 66.2 Å². The van der Waals surface area contributed by atoms with Gasteiger partial charge in [0.05, 0.1) is 0 Å². The molecule has 2 unspecified atom stereocenters. The highest BCUT2D eigenvalue weighted by Gasteiger charge is 2.47. The van der Waals surface area contributed by atoms with Crippen LogP contribution in [0.3, 0.4) is 0 Å². The van der Waals surface area contributed by atoms with Crippen LogP contribution in [0.5, 0.6) is 0 Å². The Morgan fingerprint density at radius 3 is 2.37 bits per heavy atom. The lowest BCUT2D eigenvalue weighted by Gasteiger charge is -2.42. The first-order valence-corrected chi connectivity index (χ1v) is 7.38. The summed E-state index contributed by atoms with van der Waals surface area (Å²) < 4.78 is 0. The molecule has 0 bridgehead atoms. The Morgan fingerprint density at radius 1 is 1.32 bits per heavy atom. The zero-order valence-electron chi connectivity index (χ0n) is 12.6. The molecule has 110 valence electrons. The minimum atomic E-state index is -0.996. The quantitative estimate of drug-likeness (QED) is 0.798. The summed E-state index contributed by atoms with van der Waals surface area (Å²) in [4.78, 5) is 25.4. The highest BCUT2D eigenvalue weighted by molar-refractivity contribution is 5.86. The molecule has 0 aromatic rings. The van der Waals surface area contributed by atoms with Crippen molar-refractivity contribution in [3.8, 4) is 0 Å². The van der Waals surface area contributed by atoms with Crippen molar-refractivity contribution in [1.82, 2.24) is 4.90 Å². The van der Waals surface area contributed by atoms with E-state index in [-0.39, 0.29) is 11.9 Å². The van der Waals surface area contributed by atoms with Crippen LogP contribution in [0.25, 0.3) is 0 Å². The molecule has 1 saturated carbocycles. The van der Waals surface area contributed by atoms with Crippen LogP contribution in [-0.4, -0.2) is 33.5 Å². The molecule has 1 aliphatic rings. The Bertz CT molecular complexity index is 340. The summed E-state index contributed by atoms with van der Waals surface area (Å²) in [5, 5.41) is 9.75. The van der Waals surface area contributed by atoms with Gasteiger partial charge in [-0.1, -0.05) is 26.2 Å². The molecular weight excluding hydrogens is 242 g/mol. The number of carbonyl (C=O) groups excluding carboxylic acids is 1. The first kappa shape index (κ1) is 16.0. The van der Waals surface area contributed by atoms with E-state index in [0.717, 1.165) is 25.7 Å². The third kappa shape index (κ3) is 3.28. The summed E-state index contributed by atoms with van der Waals surface area (Å²) >= 11 is 0. The molecule has 1 amide bonds. The number of carbonyl (C=O) groups is 2. The van der Waals surface area contributed by atoms with Crippen molar-refractivity contribution in [1.29, 1.82) is 0 Å². The van der Waals surface area contributed by atoms with Gasteiger partial charge in [-0.05, 0) is 39.0 Å². The van der Waals surface area contributed by atoms with Crippen molar-refractivity contribution in [2.45, 2.75) is 77.8 Å². The third-order valence-electron chi connectivity index (χ3n) is 4.46. The molecule has 0 heterocycles. The molecule has 0 saturated heterocycles. The lowest BCUT2D eigenvalue weighted by Crippen LogP contribution is -2.59. The standard InChI is InChI=1S/C15H27NO3/c1-5-13-7-6-9-15(10-8-13,14(18)19)16(11(2)3)12(4)17/h11,13H,5-10H2,1-4H3,(H,18,19). The van der Waals surface area contributed by atoms with E-state index in [1.54, 1.807) is 4.90 Å². The number of amides is 1. The maximum atomic E-state index is 11.9. The van der Waals surface area contributed by atoms with Crippen LogP contribution >= 0.6 is 0 Å². The second-order valence-electron chi connectivity index (χ2n) is 6.02. The summed E-state index contributed by atoms with van der Waals surface area (Å²) in [6, 6.07) is -0.0771. The molecule has 19 heavy (non-hydrogen) atoms. The Hall–Kier alpha value is -1.06. The fraction of sp³-hybridized carbons (Fsp3) is 0.867. The molecule has 4 heteroatoms. The first-order chi connectivity index (χ1) is 8.85. The number of hydrogen-bond acceptors (Lipinski definition) is 2. The maximum Gasteiger partial charge on any atom is 0.329 e. The van der Waals surface area contributed by atoms with E-state index in [1.807, 2.05) is 13.8 Å². The summed E-state index contributed by atoms with van der Waals surface area (Å²) in [5.74, 6) is -0.373. The van der Waals surface area contributed by atoms with Crippen molar-refractivity contribution < 1.29 is 14.7 Å². The second-order valence-corrected chi connectivity index (χ2v) is 6.02. The molecular formula is C15H27NO3. The molecule has 0 aliphatic heterocycles. The molecule has 0 aromatic heterocycles. The number of rotatable bonds is 4. The monoisotopic (exact) mass is 269 g/mol. The van der Waals surface area contributed by atoms with Crippen molar-refractivity contribution in [3.63, 3.8) is 0 Å². The average Bonchev–Trinajstić information content (AvgIpc) is 2.51. The van der Waals surface area contributed by atoms with Crippen molar-refractivity contribution in [2.75, 3.05) is 0 Å². The summed E-state index contributed by atoms with van der Waals surface area (Å²) in [7, 11) is 0. The average molecular weight is 269 g/mol. The Labute approximate surface area is 116 Å². The number of hydrogen-bond donors (Lipinski definition) is 1. The molecule has 2 atom stereocenters. The molecule has 4 nitrogen and oxygen atoms in total. The van der Waals surface area contributed by atoms with Crippen molar-refractivity contribution >= 4 is 11.9 Å². The van der Waals surface area contributed by atoms with Crippen LogP contribution in [0.4, 0.5) is 0 Å². The minimum absolute atomic E-state index is 0.0771. The van der Waals surface area contributed by atoms with Gasteiger partial charge in [-0.2, -0.15) is 0 Å². The van der Waals surface area contributed by atoms with Crippen LogP contribution in [0.15, 0.2) is 0 Å². The van der Waals surface area contributed by atoms with Gasteiger partial charge in [0.1, 0.15) is 5.54 Å². The van der Waals surface area contributed by atoms with E-state index in [9.17, 15) is 14.7 Å². The Balaban J connectivity index is 3.09. The predicted molar refractivity (Wildman–Crippen MR) is 74.9 cm³/mol. The number of carboxylic acids is 1. The highest BCUT2D eigenvalue weighted by Crippen LogP contribution is 2.37. The van der Waals surface area contributed by atoms with E-state index in [4.69, 9.17) is 0 Å². The zero-order chi connectivity index (χ0) is 14.6. The Morgan fingerprint density at radius 2 is 1.95 bits per heavy atom. The van der Waals surface area contributed by atoms with Crippen molar-refractivity contribution in [3.05, 3.63) is 0 Å². The number of carboxylic acid groups (broad SMARTS) is 1. The van der Waals surface area contributed by atoms with Crippen LogP contribution in [-0.2, 0) is 9.59 Å². The lowest BCUT2D eigenvalue weighted by molar-refractivity contribution is -0.162. The van der Waals surface area contributed by atoms with Gasteiger partial charge in [-0.15, -0.1) is 0 Å². The van der Waals surface area contributed by atoms with E-state index in [2.05, 4.69) is 6.92 Å². The molecule has 1 aliphatic carbocycles. The first-order valence-electron chi connectivity index (χ1n) is 7.38. The molecule has 0 spiro atoms. The van der Waals surface area contributed by atoms with Crippen molar-refractivity contribution in [2.24, 2.45) is 5.92 Å². The predicted octanol–water partition coefficient (Wildman–Crippen LogP) is 3.06.